The number of nitrogens with zero attached hydrogens (tertiary/aromatic N) is 1. The lowest BCUT2D eigenvalue weighted by atomic mass is 10.0. The van der Waals surface area contributed by atoms with Gasteiger partial charge < -0.3 is 10.0 Å². The number of benzene rings is 2. The minimum atomic E-state index is -0.825. The molecule has 0 atom stereocenters. The van der Waals surface area contributed by atoms with Crippen LogP contribution in [0, 0.1) is 0 Å². The third-order valence-corrected chi connectivity index (χ3v) is 3.07. The first-order chi connectivity index (χ1) is 10.3. The third-order valence-electron chi connectivity index (χ3n) is 3.07. The molecule has 0 saturated carbocycles. The van der Waals surface area contributed by atoms with Crippen molar-refractivity contribution in [3.05, 3.63) is 71.8 Å². The Morgan fingerprint density at radius 2 is 1.38 bits per heavy atom. The van der Waals surface area contributed by atoms with Gasteiger partial charge in [-0.05, 0) is 17.5 Å². The lowest BCUT2D eigenvalue weighted by molar-refractivity contribution is 0.140. The van der Waals surface area contributed by atoms with Gasteiger partial charge in [-0.1, -0.05) is 74.5 Å². The van der Waals surface area contributed by atoms with Crippen molar-refractivity contribution in [2.24, 2.45) is 0 Å². The van der Waals surface area contributed by atoms with Crippen LogP contribution >= 0.6 is 0 Å². The number of amides is 1. The second-order valence-electron chi connectivity index (χ2n) is 4.38. The molecule has 3 nitrogen and oxygen atoms in total. The summed E-state index contributed by atoms with van der Waals surface area (Å²) >= 11 is 0. The van der Waals surface area contributed by atoms with Crippen molar-refractivity contribution in [2.75, 3.05) is 6.54 Å². The number of rotatable bonds is 0. The average Bonchev–Trinajstić information content (AvgIpc) is 2.58. The van der Waals surface area contributed by atoms with Gasteiger partial charge in [-0.15, -0.1) is 0 Å². The lowest BCUT2D eigenvalue weighted by Crippen LogP contribution is -2.34. The monoisotopic (exact) mass is 285 g/mol. The molecule has 0 bridgehead atoms. The standard InChI is InChI=1S/C10H11NO2.C6H6.C2H6/c12-10(13)11-6-5-8-3-1-2-4-9(8)7-11;1-2-4-6-5-3-1;1-2/h1-4H,5-7H2,(H,12,13);1-6H;1-2H3. The van der Waals surface area contributed by atoms with Crippen LogP contribution < -0.4 is 0 Å². The molecule has 3 rings (SSSR count). The van der Waals surface area contributed by atoms with E-state index < -0.39 is 6.09 Å². The summed E-state index contributed by atoms with van der Waals surface area (Å²) in [6.45, 7) is 5.15. The minimum Gasteiger partial charge on any atom is -0.465 e. The van der Waals surface area contributed by atoms with E-state index in [9.17, 15) is 4.79 Å². The molecule has 112 valence electrons. The summed E-state index contributed by atoms with van der Waals surface area (Å²) in [6.07, 6.45) is 0.0113. The van der Waals surface area contributed by atoms with Crippen LogP contribution in [0.3, 0.4) is 0 Å². The first kappa shape index (κ1) is 16.8. The highest BCUT2D eigenvalue weighted by Crippen LogP contribution is 2.17. The molecule has 2 aromatic rings. The first-order valence-corrected chi connectivity index (χ1v) is 7.32. The van der Waals surface area contributed by atoms with Crippen LogP contribution in [0.4, 0.5) is 4.79 Å². The molecule has 0 spiro atoms. The Bertz CT molecular complexity index is 499. The number of fused-ring (bicyclic) bond motifs is 1. The molecule has 1 aliphatic rings. The summed E-state index contributed by atoms with van der Waals surface area (Å²) in [5.74, 6) is 0. The second-order valence-corrected chi connectivity index (χ2v) is 4.38. The predicted molar refractivity (Wildman–Crippen MR) is 86.4 cm³/mol. The largest absolute Gasteiger partial charge is 0.465 e. The Labute approximate surface area is 126 Å². The van der Waals surface area contributed by atoms with E-state index in [1.807, 2.05) is 68.4 Å². The van der Waals surface area contributed by atoms with Crippen molar-refractivity contribution >= 4 is 6.09 Å². The van der Waals surface area contributed by atoms with Gasteiger partial charge in [0.1, 0.15) is 0 Å². The normalized spacial score (nSPS) is 12.0. The first-order valence-electron chi connectivity index (χ1n) is 7.32. The van der Waals surface area contributed by atoms with Gasteiger partial charge in [-0.3, -0.25) is 0 Å². The molecule has 1 heterocycles. The third kappa shape index (κ3) is 5.69. The summed E-state index contributed by atoms with van der Waals surface area (Å²) in [5.41, 5.74) is 2.41. The molecule has 0 unspecified atom stereocenters. The Kier molecular flexibility index (Phi) is 7.65. The molecule has 21 heavy (non-hydrogen) atoms. The van der Waals surface area contributed by atoms with E-state index in [0.29, 0.717) is 13.1 Å². The number of hydrogen-bond acceptors (Lipinski definition) is 1. The molecule has 0 aromatic heterocycles. The Morgan fingerprint density at radius 1 is 0.905 bits per heavy atom. The summed E-state index contributed by atoms with van der Waals surface area (Å²) in [6, 6.07) is 20.0. The van der Waals surface area contributed by atoms with Crippen LogP contribution in [-0.2, 0) is 13.0 Å². The van der Waals surface area contributed by atoms with Gasteiger partial charge in [0.15, 0.2) is 0 Å². The van der Waals surface area contributed by atoms with Gasteiger partial charge >= 0.3 is 6.09 Å². The predicted octanol–water partition coefficient (Wildman–Crippen LogP) is 4.44. The van der Waals surface area contributed by atoms with Crippen LogP contribution in [0.1, 0.15) is 25.0 Å². The van der Waals surface area contributed by atoms with Crippen molar-refractivity contribution in [1.82, 2.24) is 4.90 Å². The molecule has 0 radical (unpaired) electrons. The fourth-order valence-corrected chi connectivity index (χ4v) is 2.04. The molecule has 0 saturated heterocycles. The van der Waals surface area contributed by atoms with Crippen molar-refractivity contribution < 1.29 is 9.90 Å². The van der Waals surface area contributed by atoms with E-state index in [1.165, 1.54) is 10.5 Å². The van der Waals surface area contributed by atoms with Crippen LogP contribution in [0.15, 0.2) is 60.7 Å². The van der Waals surface area contributed by atoms with E-state index in [-0.39, 0.29) is 0 Å². The van der Waals surface area contributed by atoms with Crippen molar-refractivity contribution in [2.45, 2.75) is 26.8 Å². The second kappa shape index (κ2) is 9.59. The molecule has 1 aliphatic heterocycles. The summed E-state index contributed by atoms with van der Waals surface area (Å²) in [4.78, 5) is 12.1. The highest BCUT2D eigenvalue weighted by molar-refractivity contribution is 5.65. The molecule has 3 heteroatoms. The van der Waals surface area contributed by atoms with E-state index >= 15 is 0 Å². The Balaban J connectivity index is 0.000000231. The Morgan fingerprint density at radius 3 is 1.86 bits per heavy atom. The van der Waals surface area contributed by atoms with Crippen molar-refractivity contribution in [3.8, 4) is 0 Å². The zero-order valence-electron chi connectivity index (χ0n) is 12.7. The summed E-state index contributed by atoms with van der Waals surface area (Å²) in [5, 5.41) is 8.79. The fraction of sp³-hybridized carbons (Fsp3) is 0.278. The zero-order chi connectivity index (χ0) is 15.5. The van der Waals surface area contributed by atoms with Crippen LogP contribution in [0.2, 0.25) is 0 Å². The molecular formula is C18H23NO2. The quantitative estimate of drug-likeness (QED) is 0.777. The maximum Gasteiger partial charge on any atom is 0.407 e. The lowest BCUT2D eigenvalue weighted by Gasteiger charge is -2.26. The number of hydrogen-bond donors (Lipinski definition) is 1. The highest BCUT2D eigenvalue weighted by atomic mass is 16.4. The molecule has 1 amide bonds. The van der Waals surface area contributed by atoms with E-state index in [0.717, 1.165) is 12.0 Å². The van der Waals surface area contributed by atoms with Gasteiger partial charge in [-0.25, -0.2) is 4.79 Å². The number of carbonyl (C=O) groups is 1. The molecule has 0 fully saturated rings. The van der Waals surface area contributed by atoms with E-state index in [1.54, 1.807) is 0 Å². The van der Waals surface area contributed by atoms with E-state index in [2.05, 4.69) is 6.07 Å². The van der Waals surface area contributed by atoms with Crippen LogP contribution in [-0.4, -0.2) is 22.6 Å². The van der Waals surface area contributed by atoms with Crippen LogP contribution in [0.25, 0.3) is 0 Å². The average molecular weight is 285 g/mol. The number of carboxylic acid groups (broad SMARTS) is 1. The molecule has 1 N–H and O–H groups in total. The molecular weight excluding hydrogens is 262 g/mol. The van der Waals surface area contributed by atoms with Gasteiger partial charge in [0.25, 0.3) is 0 Å². The summed E-state index contributed by atoms with van der Waals surface area (Å²) in [7, 11) is 0. The SMILES string of the molecule is CC.O=C(O)N1CCc2ccccc2C1.c1ccccc1. The minimum absolute atomic E-state index is 0.533. The molecule has 0 aliphatic carbocycles. The smallest absolute Gasteiger partial charge is 0.407 e. The van der Waals surface area contributed by atoms with Crippen LogP contribution in [0.5, 0.6) is 0 Å². The Hall–Kier alpha value is -2.29. The highest BCUT2D eigenvalue weighted by Gasteiger charge is 2.18. The van der Waals surface area contributed by atoms with E-state index in [4.69, 9.17) is 5.11 Å². The van der Waals surface area contributed by atoms with Gasteiger partial charge in [0.2, 0.25) is 0 Å². The van der Waals surface area contributed by atoms with Crippen molar-refractivity contribution in [1.29, 1.82) is 0 Å². The van der Waals surface area contributed by atoms with Gasteiger partial charge in [0, 0.05) is 13.1 Å². The fourth-order valence-electron chi connectivity index (χ4n) is 2.04. The maximum atomic E-state index is 10.7. The molecule has 2 aromatic carbocycles. The van der Waals surface area contributed by atoms with Gasteiger partial charge in [-0.2, -0.15) is 0 Å². The zero-order valence-corrected chi connectivity index (χ0v) is 12.7. The summed E-state index contributed by atoms with van der Waals surface area (Å²) < 4.78 is 0. The van der Waals surface area contributed by atoms with Gasteiger partial charge in [0.05, 0.1) is 0 Å². The maximum absolute atomic E-state index is 10.7. The van der Waals surface area contributed by atoms with Crippen molar-refractivity contribution in [3.63, 3.8) is 0 Å². The topological polar surface area (TPSA) is 40.5 Å².